The van der Waals surface area contributed by atoms with Crippen LogP contribution in [0, 0.1) is 6.92 Å². The molecule has 11 heteroatoms. The molecule has 5 aromatic rings. The number of nitrogens with one attached hydrogen (secondary N) is 1. The first-order chi connectivity index (χ1) is 16.6. The smallest absolute Gasteiger partial charge is 0.406 e. The van der Waals surface area contributed by atoms with Gasteiger partial charge in [0.1, 0.15) is 5.75 Å². The predicted octanol–water partition coefficient (Wildman–Crippen LogP) is 5.95. The molecule has 3 aromatic carbocycles. The number of aryl methyl sites for hydroxylation is 1. The summed E-state index contributed by atoms with van der Waals surface area (Å²) in [6.45, 7) is 1.94. The van der Waals surface area contributed by atoms with Gasteiger partial charge in [0.15, 0.2) is 5.13 Å². The minimum Gasteiger partial charge on any atom is -0.406 e. The standard InChI is InChI=1S/C24H16F3N5O2S/c1-12-2-3-14(9-17(12)13-4-6-18-15(8-13)11-29-22(28)30-18)21(33)32-23-31-19-7-5-16(10-20(19)35-23)34-24(25,26)27/h2-11H,1H3,(H2,28,29,30)(H,31,32,33). The van der Waals surface area contributed by atoms with Crippen LogP contribution in [0.3, 0.4) is 0 Å². The molecule has 0 fully saturated rings. The summed E-state index contributed by atoms with van der Waals surface area (Å²) in [5.74, 6) is -0.550. The van der Waals surface area contributed by atoms with Gasteiger partial charge in [-0.3, -0.25) is 10.1 Å². The number of hydrogen-bond donors (Lipinski definition) is 2. The van der Waals surface area contributed by atoms with Crippen molar-refractivity contribution in [3.8, 4) is 16.9 Å². The molecule has 0 aliphatic carbocycles. The second-order valence-corrected chi connectivity index (χ2v) is 8.71. The second kappa shape index (κ2) is 8.51. The molecule has 0 saturated heterocycles. The number of rotatable bonds is 4. The number of nitrogens with two attached hydrogens (primary N) is 1. The Morgan fingerprint density at radius 1 is 1.03 bits per heavy atom. The summed E-state index contributed by atoms with van der Waals surface area (Å²) in [6, 6.07) is 14.8. The highest BCUT2D eigenvalue weighted by Crippen LogP contribution is 2.32. The van der Waals surface area contributed by atoms with Crippen molar-refractivity contribution in [2.45, 2.75) is 13.3 Å². The number of aromatic nitrogens is 3. The Labute approximate surface area is 200 Å². The van der Waals surface area contributed by atoms with Crippen molar-refractivity contribution in [2.75, 3.05) is 11.1 Å². The maximum atomic E-state index is 12.9. The molecule has 0 aliphatic heterocycles. The van der Waals surface area contributed by atoms with E-state index in [1.165, 1.54) is 18.2 Å². The third-order valence-corrected chi connectivity index (χ3v) is 6.16. The average molecular weight is 495 g/mol. The van der Waals surface area contributed by atoms with Gasteiger partial charge in [0.25, 0.3) is 5.91 Å². The van der Waals surface area contributed by atoms with E-state index in [1.807, 2.05) is 31.2 Å². The molecule has 5 rings (SSSR count). The lowest BCUT2D eigenvalue weighted by Crippen LogP contribution is -2.16. The molecule has 7 nitrogen and oxygen atoms in total. The van der Waals surface area contributed by atoms with Gasteiger partial charge >= 0.3 is 6.36 Å². The van der Waals surface area contributed by atoms with Crippen LogP contribution < -0.4 is 15.8 Å². The Kier molecular flexibility index (Phi) is 5.48. The minimum absolute atomic E-state index is 0.194. The van der Waals surface area contributed by atoms with Crippen LogP contribution in [0.4, 0.5) is 24.3 Å². The highest BCUT2D eigenvalue weighted by Gasteiger charge is 2.31. The summed E-state index contributed by atoms with van der Waals surface area (Å²) >= 11 is 1.05. The van der Waals surface area contributed by atoms with Gasteiger partial charge in [0, 0.05) is 23.2 Å². The molecule has 0 atom stereocenters. The Morgan fingerprint density at radius 3 is 2.63 bits per heavy atom. The number of benzene rings is 3. The van der Waals surface area contributed by atoms with E-state index in [2.05, 4.69) is 25.0 Å². The number of carbonyl (C=O) groups is 1. The SMILES string of the molecule is Cc1ccc(C(=O)Nc2nc3ccc(OC(F)(F)F)cc3s2)cc1-c1ccc2nc(N)ncc2c1. The van der Waals surface area contributed by atoms with Crippen molar-refractivity contribution < 1.29 is 22.7 Å². The number of alkyl halides is 3. The van der Waals surface area contributed by atoms with Crippen LogP contribution in [-0.2, 0) is 0 Å². The zero-order chi connectivity index (χ0) is 24.7. The van der Waals surface area contributed by atoms with Crippen LogP contribution in [0.2, 0.25) is 0 Å². The molecule has 2 heterocycles. The number of nitrogen functional groups attached to an aromatic ring is 1. The Bertz CT molecular complexity index is 1600. The van der Waals surface area contributed by atoms with Crippen molar-refractivity contribution in [2.24, 2.45) is 0 Å². The predicted molar refractivity (Wildman–Crippen MR) is 128 cm³/mol. The lowest BCUT2D eigenvalue weighted by Gasteiger charge is -2.10. The number of anilines is 2. The van der Waals surface area contributed by atoms with E-state index < -0.39 is 12.3 Å². The first-order valence-electron chi connectivity index (χ1n) is 10.3. The van der Waals surface area contributed by atoms with Crippen LogP contribution in [0.1, 0.15) is 15.9 Å². The van der Waals surface area contributed by atoms with Gasteiger partial charge in [-0.25, -0.2) is 15.0 Å². The van der Waals surface area contributed by atoms with Gasteiger partial charge in [0.05, 0.1) is 15.7 Å². The average Bonchev–Trinajstić information content (AvgIpc) is 3.19. The molecule has 0 unspecified atom stereocenters. The van der Waals surface area contributed by atoms with Crippen LogP contribution in [0.25, 0.3) is 32.2 Å². The molecule has 0 saturated carbocycles. The number of thiazole rings is 1. The van der Waals surface area contributed by atoms with Gasteiger partial charge in [-0.05, 0) is 60.0 Å². The summed E-state index contributed by atoms with van der Waals surface area (Å²) in [7, 11) is 0. The summed E-state index contributed by atoms with van der Waals surface area (Å²) < 4.78 is 41.8. The molecule has 0 radical (unpaired) electrons. The number of amides is 1. The number of fused-ring (bicyclic) bond motifs is 2. The lowest BCUT2D eigenvalue weighted by molar-refractivity contribution is -0.274. The van der Waals surface area contributed by atoms with Crippen LogP contribution in [0.5, 0.6) is 5.75 Å². The Balaban J connectivity index is 1.41. The van der Waals surface area contributed by atoms with Gasteiger partial charge in [-0.2, -0.15) is 0 Å². The number of nitrogens with zero attached hydrogens (tertiary/aromatic N) is 3. The largest absolute Gasteiger partial charge is 0.573 e. The van der Waals surface area contributed by atoms with E-state index >= 15 is 0 Å². The van der Waals surface area contributed by atoms with Crippen LogP contribution in [-0.4, -0.2) is 27.2 Å². The third kappa shape index (κ3) is 4.85. The molecule has 3 N–H and O–H groups in total. The molecule has 35 heavy (non-hydrogen) atoms. The first-order valence-corrected chi connectivity index (χ1v) is 11.1. The van der Waals surface area contributed by atoms with E-state index in [9.17, 15) is 18.0 Å². The maximum absolute atomic E-state index is 12.9. The monoisotopic (exact) mass is 495 g/mol. The van der Waals surface area contributed by atoms with Crippen LogP contribution in [0.15, 0.2) is 60.8 Å². The van der Waals surface area contributed by atoms with Crippen molar-refractivity contribution in [1.82, 2.24) is 15.0 Å². The van der Waals surface area contributed by atoms with E-state index in [0.717, 1.165) is 33.4 Å². The van der Waals surface area contributed by atoms with Crippen LogP contribution >= 0.6 is 11.3 Å². The number of hydrogen-bond acceptors (Lipinski definition) is 7. The van der Waals surface area contributed by atoms with Gasteiger partial charge in [-0.1, -0.05) is 23.5 Å². The molecule has 2 aromatic heterocycles. The fourth-order valence-electron chi connectivity index (χ4n) is 3.61. The van der Waals surface area contributed by atoms with E-state index in [1.54, 1.807) is 18.3 Å². The summed E-state index contributed by atoms with van der Waals surface area (Å²) in [4.78, 5) is 25.4. The molecule has 0 bridgehead atoms. The molecule has 1 amide bonds. The topological polar surface area (TPSA) is 103 Å². The van der Waals surface area contributed by atoms with Crippen molar-refractivity contribution in [1.29, 1.82) is 0 Å². The number of halogens is 3. The zero-order valence-electron chi connectivity index (χ0n) is 18.1. The zero-order valence-corrected chi connectivity index (χ0v) is 18.9. The number of carbonyl (C=O) groups excluding carboxylic acids is 1. The normalized spacial score (nSPS) is 11.7. The molecule has 0 aliphatic rings. The van der Waals surface area contributed by atoms with Gasteiger partial charge in [0.2, 0.25) is 5.95 Å². The Hall–Kier alpha value is -4.25. The van der Waals surface area contributed by atoms with Crippen molar-refractivity contribution in [3.63, 3.8) is 0 Å². The first kappa shape index (κ1) is 22.5. The second-order valence-electron chi connectivity index (χ2n) is 7.68. The highest BCUT2D eigenvalue weighted by atomic mass is 32.1. The fourth-order valence-corrected chi connectivity index (χ4v) is 4.50. The van der Waals surface area contributed by atoms with Crippen molar-refractivity contribution in [3.05, 3.63) is 71.9 Å². The summed E-state index contributed by atoms with van der Waals surface area (Å²) in [5, 5.41) is 3.80. The highest BCUT2D eigenvalue weighted by molar-refractivity contribution is 7.22. The maximum Gasteiger partial charge on any atom is 0.573 e. The summed E-state index contributed by atoms with van der Waals surface area (Å²) in [5.41, 5.74) is 9.92. The van der Waals surface area contributed by atoms with Gasteiger partial charge < -0.3 is 10.5 Å². The molecule has 176 valence electrons. The van der Waals surface area contributed by atoms with E-state index in [4.69, 9.17) is 5.73 Å². The van der Waals surface area contributed by atoms with E-state index in [0.29, 0.717) is 21.3 Å². The number of ether oxygens (including phenoxy) is 1. The lowest BCUT2D eigenvalue weighted by atomic mass is 9.97. The summed E-state index contributed by atoms with van der Waals surface area (Å²) in [6.07, 6.45) is -3.14. The Morgan fingerprint density at radius 2 is 1.83 bits per heavy atom. The third-order valence-electron chi connectivity index (χ3n) is 5.22. The fraction of sp³-hybridized carbons (Fsp3) is 0.0833. The minimum atomic E-state index is -4.79. The molecular formula is C24H16F3N5O2S. The molecule has 0 spiro atoms. The van der Waals surface area contributed by atoms with Gasteiger partial charge in [-0.15, -0.1) is 13.2 Å². The van der Waals surface area contributed by atoms with E-state index in [-0.39, 0.29) is 16.8 Å². The van der Waals surface area contributed by atoms with Crippen molar-refractivity contribution >= 4 is 49.4 Å². The quantitative estimate of drug-likeness (QED) is 0.320. The molecular weight excluding hydrogens is 479 g/mol.